The highest BCUT2D eigenvalue weighted by molar-refractivity contribution is 5.44. The van der Waals surface area contributed by atoms with Gasteiger partial charge in [0, 0.05) is 0 Å². The second kappa shape index (κ2) is 4.98. The molecule has 0 aromatic heterocycles. The molecule has 2 rings (SSSR count). The van der Waals surface area contributed by atoms with Crippen LogP contribution in [-0.4, -0.2) is 0 Å². The molecule has 84 valence electrons. The fourth-order valence-corrected chi connectivity index (χ4v) is 1.29. The van der Waals surface area contributed by atoms with E-state index in [0.717, 1.165) is 0 Å². The SMILES string of the molecule is O=Nc1ccc(Oc2ccc(N=O)cc2)cc1. The first-order valence-electron chi connectivity index (χ1n) is 4.86. The van der Waals surface area contributed by atoms with Crippen molar-refractivity contribution in [3.05, 3.63) is 58.3 Å². The first-order valence-corrected chi connectivity index (χ1v) is 4.86. The van der Waals surface area contributed by atoms with Crippen molar-refractivity contribution in [1.82, 2.24) is 0 Å². The average Bonchev–Trinajstić information content (AvgIpc) is 2.40. The lowest BCUT2D eigenvalue weighted by Gasteiger charge is -2.04. The van der Waals surface area contributed by atoms with E-state index in [4.69, 9.17) is 4.74 Å². The van der Waals surface area contributed by atoms with Crippen molar-refractivity contribution < 1.29 is 4.74 Å². The Morgan fingerprint density at radius 2 is 1.00 bits per heavy atom. The van der Waals surface area contributed by atoms with E-state index < -0.39 is 0 Å². The standard InChI is InChI=1S/C12H8N2O3/c15-13-9-1-5-11(6-2-9)17-12-7-3-10(14-16)4-8-12/h1-8H. The van der Waals surface area contributed by atoms with Crippen LogP contribution in [0.1, 0.15) is 0 Å². The van der Waals surface area contributed by atoms with Crippen LogP contribution in [-0.2, 0) is 0 Å². The van der Waals surface area contributed by atoms with Crippen LogP contribution in [0.3, 0.4) is 0 Å². The molecule has 0 saturated carbocycles. The summed E-state index contributed by atoms with van der Waals surface area (Å²) in [5.74, 6) is 1.17. The number of hydrogen-bond donors (Lipinski definition) is 0. The molecule has 0 amide bonds. The minimum atomic E-state index is 0.345. The lowest BCUT2D eigenvalue weighted by Crippen LogP contribution is -1.82. The molecule has 0 spiro atoms. The van der Waals surface area contributed by atoms with Crippen LogP contribution >= 0.6 is 0 Å². The Kier molecular flexibility index (Phi) is 3.20. The third-order valence-electron chi connectivity index (χ3n) is 2.12. The molecule has 0 aliphatic carbocycles. The highest BCUT2D eigenvalue weighted by Crippen LogP contribution is 2.25. The Morgan fingerprint density at radius 1 is 0.647 bits per heavy atom. The summed E-state index contributed by atoms with van der Waals surface area (Å²) >= 11 is 0. The first kappa shape index (κ1) is 10.9. The summed E-state index contributed by atoms with van der Waals surface area (Å²) in [6.07, 6.45) is 0. The van der Waals surface area contributed by atoms with Gasteiger partial charge >= 0.3 is 0 Å². The molecule has 0 aliphatic rings. The van der Waals surface area contributed by atoms with Crippen LogP contribution in [0.4, 0.5) is 11.4 Å². The zero-order chi connectivity index (χ0) is 12.1. The lowest BCUT2D eigenvalue weighted by atomic mass is 10.3. The van der Waals surface area contributed by atoms with Gasteiger partial charge in [0.15, 0.2) is 0 Å². The molecule has 2 aromatic rings. The zero-order valence-corrected chi connectivity index (χ0v) is 8.74. The van der Waals surface area contributed by atoms with E-state index in [2.05, 4.69) is 10.4 Å². The number of nitroso groups, excluding NO2 is 2. The van der Waals surface area contributed by atoms with Crippen LogP contribution in [0, 0.1) is 9.81 Å². The van der Waals surface area contributed by atoms with Gasteiger partial charge in [-0.15, -0.1) is 9.81 Å². The third-order valence-corrected chi connectivity index (χ3v) is 2.12. The Bertz CT molecular complexity index is 471. The van der Waals surface area contributed by atoms with Gasteiger partial charge in [-0.05, 0) is 58.9 Å². The number of ether oxygens (including phenoxy) is 1. The van der Waals surface area contributed by atoms with Crippen LogP contribution in [0.5, 0.6) is 11.5 Å². The van der Waals surface area contributed by atoms with Crippen LogP contribution in [0.25, 0.3) is 0 Å². The number of hydrogen-bond acceptors (Lipinski definition) is 5. The number of rotatable bonds is 4. The third kappa shape index (κ3) is 2.72. The molecule has 0 heterocycles. The highest BCUT2D eigenvalue weighted by Gasteiger charge is 1.98. The number of benzene rings is 2. The van der Waals surface area contributed by atoms with Gasteiger partial charge in [-0.3, -0.25) is 0 Å². The maximum absolute atomic E-state index is 10.2. The smallest absolute Gasteiger partial charge is 0.127 e. The van der Waals surface area contributed by atoms with Gasteiger partial charge in [0.05, 0.1) is 0 Å². The second-order valence-corrected chi connectivity index (χ2v) is 3.27. The van der Waals surface area contributed by atoms with Gasteiger partial charge in [-0.1, -0.05) is 0 Å². The molecule has 5 heteroatoms. The van der Waals surface area contributed by atoms with E-state index in [9.17, 15) is 9.81 Å². The van der Waals surface area contributed by atoms with Crippen molar-refractivity contribution in [2.24, 2.45) is 10.4 Å². The summed E-state index contributed by atoms with van der Waals surface area (Å²) < 4.78 is 5.49. The number of nitrogens with zero attached hydrogens (tertiary/aromatic N) is 2. The molecule has 5 nitrogen and oxygen atoms in total. The van der Waals surface area contributed by atoms with E-state index in [1.54, 1.807) is 48.5 Å². The summed E-state index contributed by atoms with van der Waals surface area (Å²) in [6.45, 7) is 0. The van der Waals surface area contributed by atoms with Gasteiger partial charge in [0.25, 0.3) is 0 Å². The minimum Gasteiger partial charge on any atom is -0.457 e. The van der Waals surface area contributed by atoms with Crippen molar-refractivity contribution in [3.63, 3.8) is 0 Å². The zero-order valence-electron chi connectivity index (χ0n) is 8.74. The summed E-state index contributed by atoms with van der Waals surface area (Å²) in [6, 6.07) is 12.8. The molecule has 0 fully saturated rings. The summed E-state index contributed by atoms with van der Waals surface area (Å²) in [4.78, 5) is 20.4. The van der Waals surface area contributed by atoms with E-state index in [1.165, 1.54) is 0 Å². The molecular weight excluding hydrogens is 220 g/mol. The molecule has 0 radical (unpaired) electrons. The van der Waals surface area contributed by atoms with Gasteiger partial charge < -0.3 is 4.74 Å². The molecular formula is C12H8N2O3. The van der Waals surface area contributed by atoms with Crippen molar-refractivity contribution in [2.75, 3.05) is 0 Å². The van der Waals surface area contributed by atoms with Gasteiger partial charge in [0.1, 0.15) is 22.9 Å². The van der Waals surface area contributed by atoms with E-state index in [1.807, 2.05) is 0 Å². The molecule has 0 saturated heterocycles. The maximum atomic E-state index is 10.2. The Morgan fingerprint density at radius 3 is 1.29 bits per heavy atom. The second-order valence-electron chi connectivity index (χ2n) is 3.27. The fraction of sp³-hybridized carbons (Fsp3) is 0. The predicted molar refractivity (Wildman–Crippen MR) is 63.9 cm³/mol. The monoisotopic (exact) mass is 228 g/mol. The molecule has 17 heavy (non-hydrogen) atoms. The van der Waals surface area contributed by atoms with Gasteiger partial charge in [-0.25, -0.2) is 0 Å². The van der Waals surface area contributed by atoms with Crippen LogP contribution in [0.15, 0.2) is 58.9 Å². The van der Waals surface area contributed by atoms with Gasteiger partial charge in [-0.2, -0.15) is 0 Å². The van der Waals surface area contributed by atoms with E-state index in [-0.39, 0.29) is 0 Å². The summed E-state index contributed by atoms with van der Waals surface area (Å²) in [5.41, 5.74) is 0.690. The van der Waals surface area contributed by atoms with Crippen molar-refractivity contribution in [2.45, 2.75) is 0 Å². The van der Waals surface area contributed by atoms with Gasteiger partial charge in [0.2, 0.25) is 0 Å². The van der Waals surface area contributed by atoms with E-state index in [0.29, 0.717) is 22.9 Å². The molecule has 0 bridgehead atoms. The Balaban J connectivity index is 2.13. The minimum absolute atomic E-state index is 0.345. The Labute approximate surface area is 97.0 Å². The molecule has 0 aliphatic heterocycles. The first-order chi connectivity index (χ1) is 8.31. The quantitative estimate of drug-likeness (QED) is 0.733. The summed E-state index contributed by atoms with van der Waals surface area (Å²) in [7, 11) is 0. The Hall–Kier alpha value is -2.56. The summed E-state index contributed by atoms with van der Waals surface area (Å²) in [5, 5.41) is 5.58. The molecule has 0 unspecified atom stereocenters. The lowest BCUT2D eigenvalue weighted by molar-refractivity contribution is 0.483. The van der Waals surface area contributed by atoms with Crippen molar-refractivity contribution in [3.8, 4) is 11.5 Å². The normalized spacial score (nSPS) is 9.65. The molecule has 0 N–H and O–H groups in total. The topological polar surface area (TPSA) is 68.1 Å². The highest BCUT2D eigenvalue weighted by atomic mass is 16.5. The van der Waals surface area contributed by atoms with Crippen LogP contribution in [0.2, 0.25) is 0 Å². The predicted octanol–water partition coefficient (Wildman–Crippen LogP) is 4.27. The largest absolute Gasteiger partial charge is 0.457 e. The maximum Gasteiger partial charge on any atom is 0.127 e. The van der Waals surface area contributed by atoms with E-state index >= 15 is 0 Å². The van der Waals surface area contributed by atoms with Crippen molar-refractivity contribution >= 4 is 11.4 Å². The fourth-order valence-electron chi connectivity index (χ4n) is 1.29. The molecule has 2 aromatic carbocycles. The van der Waals surface area contributed by atoms with Crippen LogP contribution < -0.4 is 4.74 Å². The molecule has 0 atom stereocenters. The average molecular weight is 228 g/mol. The van der Waals surface area contributed by atoms with Crippen molar-refractivity contribution in [1.29, 1.82) is 0 Å².